The largest absolute Gasteiger partial charge is 0.451 e. The lowest BCUT2D eigenvalue weighted by Crippen LogP contribution is -2.22. The van der Waals surface area contributed by atoms with Crippen molar-refractivity contribution in [3.05, 3.63) is 59.9 Å². The van der Waals surface area contributed by atoms with Crippen molar-refractivity contribution in [2.75, 3.05) is 5.32 Å². The van der Waals surface area contributed by atoms with Gasteiger partial charge in [-0.2, -0.15) is 0 Å². The lowest BCUT2D eigenvalue weighted by molar-refractivity contribution is -0.115. The zero-order valence-electron chi connectivity index (χ0n) is 15.4. The van der Waals surface area contributed by atoms with Gasteiger partial charge in [-0.3, -0.25) is 4.79 Å². The van der Waals surface area contributed by atoms with Gasteiger partial charge in [0.2, 0.25) is 5.91 Å². The van der Waals surface area contributed by atoms with E-state index >= 15 is 0 Å². The number of aromatic nitrogens is 2. The summed E-state index contributed by atoms with van der Waals surface area (Å²) in [6.45, 7) is 1.88. The van der Waals surface area contributed by atoms with Gasteiger partial charge in [0.15, 0.2) is 5.58 Å². The Morgan fingerprint density at radius 3 is 2.93 bits per heavy atom. The smallest absolute Gasteiger partial charge is 0.237 e. The molecule has 0 saturated heterocycles. The SMILES string of the molecule is C[C@H](Sc1ncnc2c1oc1ccccc12)C(=O)Nc1ccc2c(c1)CCC2. The average Bonchev–Trinajstić information content (AvgIpc) is 3.32. The Kier molecular flexibility index (Phi) is 4.28. The van der Waals surface area contributed by atoms with Crippen LogP contribution in [-0.2, 0) is 17.6 Å². The fourth-order valence-electron chi connectivity index (χ4n) is 3.70. The average molecular weight is 389 g/mol. The van der Waals surface area contributed by atoms with Crippen molar-refractivity contribution < 1.29 is 9.21 Å². The summed E-state index contributed by atoms with van der Waals surface area (Å²) in [5.41, 5.74) is 5.78. The van der Waals surface area contributed by atoms with Crippen LogP contribution in [0.3, 0.4) is 0 Å². The predicted molar refractivity (Wildman–Crippen MR) is 112 cm³/mol. The molecular weight excluding hydrogens is 370 g/mol. The van der Waals surface area contributed by atoms with Gasteiger partial charge < -0.3 is 9.73 Å². The first-order chi connectivity index (χ1) is 13.7. The summed E-state index contributed by atoms with van der Waals surface area (Å²) >= 11 is 1.38. The molecule has 2 aromatic heterocycles. The van der Waals surface area contributed by atoms with Crippen molar-refractivity contribution in [2.45, 2.75) is 36.5 Å². The second-order valence-corrected chi connectivity index (χ2v) is 8.37. The minimum atomic E-state index is -0.320. The van der Waals surface area contributed by atoms with Crippen LogP contribution in [0.2, 0.25) is 0 Å². The van der Waals surface area contributed by atoms with E-state index in [-0.39, 0.29) is 11.2 Å². The summed E-state index contributed by atoms with van der Waals surface area (Å²) in [5, 5.41) is 4.35. The molecule has 0 radical (unpaired) electrons. The maximum absolute atomic E-state index is 12.7. The van der Waals surface area contributed by atoms with E-state index in [1.54, 1.807) is 0 Å². The highest BCUT2D eigenvalue weighted by Crippen LogP contribution is 2.34. The third kappa shape index (κ3) is 3.03. The fraction of sp³-hybridized carbons (Fsp3) is 0.227. The number of anilines is 1. The summed E-state index contributed by atoms with van der Waals surface area (Å²) in [6.07, 6.45) is 4.95. The molecule has 0 fully saturated rings. The predicted octanol–water partition coefficient (Wildman–Crippen LogP) is 4.98. The molecule has 1 atom stereocenters. The molecule has 2 aromatic carbocycles. The molecule has 0 bridgehead atoms. The Labute approximate surface area is 166 Å². The van der Waals surface area contributed by atoms with E-state index in [2.05, 4.69) is 27.4 Å². The number of aryl methyl sites for hydroxylation is 2. The van der Waals surface area contributed by atoms with Gasteiger partial charge in [0.05, 0.1) is 5.25 Å². The molecule has 0 aliphatic heterocycles. The molecule has 5 rings (SSSR count). The third-order valence-electron chi connectivity index (χ3n) is 5.15. The van der Waals surface area contributed by atoms with Crippen LogP contribution in [0.15, 0.2) is 58.2 Å². The zero-order chi connectivity index (χ0) is 19.1. The van der Waals surface area contributed by atoms with Crippen LogP contribution in [0.5, 0.6) is 0 Å². The molecule has 4 aromatic rings. The third-order valence-corrected chi connectivity index (χ3v) is 6.23. The van der Waals surface area contributed by atoms with Crippen LogP contribution in [0, 0.1) is 0 Å². The lowest BCUT2D eigenvalue weighted by atomic mass is 10.1. The number of thioether (sulfide) groups is 1. The minimum absolute atomic E-state index is 0.0502. The van der Waals surface area contributed by atoms with Gasteiger partial charge in [0, 0.05) is 11.1 Å². The Bertz CT molecular complexity index is 1200. The van der Waals surface area contributed by atoms with E-state index in [9.17, 15) is 4.79 Å². The number of nitrogens with one attached hydrogen (secondary N) is 1. The number of hydrogen-bond acceptors (Lipinski definition) is 5. The Balaban J connectivity index is 1.37. The van der Waals surface area contributed by atoms with Gasteiger partial charge >= 0.3 is 0 Å². The van der Waals surface area contributed by atoms with Gasteiger partial charge in [-0.05, 0) is 61.6 Å². The topological polar surface area (TPSA) is 68.0 Å². The van der Waals surface area contributed by atoms with Crippen molar-refractivity contribution in [3.63, 3.8) is 0 Å². The van der Waals surface area contributed by atoms with Crippen LogP contribution in [-0.4, -0.2) is 21.1 Å². The van der Waals surface area contributed by atoms with Gasteiger partial charge in [-0.25, -0.2) is 9.97 Å². The van der Waals surface area contributed by atoms with Crippen molar-refractivity contribution in [3.8, 4) is 0 Å². The number of hydrogen-bond donors (Lipinski definition) is 1. The first-order valence-electron chi connectivity index (χ1n) is 9.40. The summed E-state index contributed by atoms with van der Waals surface area (Å²) in [5.74, 6) is -0.0502. The summed E-state index contributed by atoms with van der Waals surface area (Å²) < 4.78 is 5.96. The molecule has 1 N–H and O–H groups in total. The maximum atomic E-state index is 12.7. The summed E-state index contributed by atoms with van der Waals surface area (Å²) in [7, 11) is 0. The maximum Gasteiger partial charge on any atom is 0.237 e. The van der Waals surface area contributed by atoms with E-state index in [4.69, 9.17) is 4.42 Å². The lowest BCUT2D eigenvalue weighted by Gasteiger charge is -2.12. The van der Waals surface area contributed by atoms with Gasteiger partial charge in [-0.1, -0.05) is 30.0 Å². The standard InChI is InChI=1S/C22H19N3O2S/c1-13(21(26)25-16-10-9-14-5-4-6-15(14)11-16)28-22-20-19(23-12-24-22)17-7-2-3-8-18(17)27-20/h2-3,7-13H,4-6H2,1H3,(H,25,26)/t13-/m0/s1. The molecule has 140 valence electrons. The normalized spacial score (nSPS) is 14.3. The molecule has 0 spiro atoms. The molecule has 0 saturated carbocycles. The molecule has 28 heavy (non-hydrogen) atoms. The highest BCUT2D eigenvalue weighted by molar-refractivity contribution is 8.00. The van der Waals surface area contributed by atoms with Gasteiger partial charge in [0.25, 0.3) is 0 Å². The molecule has 2 heterocycles. The fourth-order valence-corrected chi connectivity index (χ4v) is 4.56. The van der Waals surface area contributed by atoms with Gasteiger partial charge in [0.1, 0.15) is 22.5 Å². The molecule has 0 unspecified atom stereocenters. The van der Waals surface area contributed by atoms with Gasteiger partial charge in [-0.15, -0.1) is 0 Å². The van der Waals surface area contributed by atoms with Crippen molar-refractivity contribution in [1.82, 2.24) is 9.97 Å². The first kappa shape index (κ1) is 17.3. The van der Waals surface area contributed by atoms with Crippen molar-refractivity contribution in [1.29, 1.82) is 0 Å². The number of carbonyl (C=O) groups is 1. The Morgan fingerprint density at radius 1 is 1.14 bits per heavy atom. The molecule has 6 heteroatoms. The number of nitrogens with zero attached hydrogens (tertiary/aromatic N) is 2. The molecular formula is C22H19N3O2S. The summed E-state index contributed by atoms with van der Waals surface area (Å²) in [4.78, 5) is 21.4. The van der Waals surface area contributed by atoms with Crippen LogP contribution < -0.4 is 5.32 Å². The number of rotatable bonds is 4. The number of benzene rings is 2. The Morgan fingerprint density at radius 2 is 2.00 bits per heavy atom. The van der Waals surface area contributed by atoms with Crippen LogP contribution in [0.25, 0.3) is 22.1 Å². The number of carbonyl (C=O) groups excluding carboxylic acids is 1. The minimum Gasteiger partial charge on any atom is -0.451 e. The number of para-hydroxylation sites is 1. The zero-order valence-corrected chi connectivity index (χ0v) is 16.3. The molecule has 1 aliphatic rings. The van der Waals surface area contributed by atoms with Crippen LogP contribution >= 0.6 is 11.8 Å². The summed E-state index contributed by atoms with van der Waals surface area (Å²) in [6, 6.07) is 14.0. The first-order valence-corrected chi connectivity index (χ1v) is 10.3. The Hall–Kier alpha value is -2.86. The van der Waals surface area contributed by atoms with E-state index in [1.807, 2.05) is 37.3 Å². The number of furan rings is 1. The van der Waals surface area contributed by atoms with E-state index in [0.717, 1.165) is 35.0 Å². The highest BCUT2D eigenvalue weighted by atomic mass is 32.2. The second kappa shape index (κ2) is 6.95. The second-order valence-electron chi connectivity index (χ2n) is 7.04. The number of amides is 1. The van der Waals surface area contributed by atoms with E-state index in [1.165, 1.54) is 35.6 Å². The van der Waals surface area contributed by atoms with Crippen LogP contribution in [0.1, 0.15) is 24.5 Å². The molecule has 1 amide bonds. The molecule has 5 nitrogen and oxygen atoms in total. The molecule has 1 aliphatic carbocycles. The number of fused-ring (bicyclic) bond motifs is 4. The quantitative estimate of drug-likeness (QED) is 0.394. The van der Waals surface area contributed by atoms with E-state index < -0.39 is 0 Å². The van der Waals surface area contributed by atoms with Crippen LogP contribution in [0.4, 0.5) is 5.69 Å². The van der Waals surface area contributed by atoms with E-state index in [0.29, 0.717) is 10.6 Å². The van der Waals surface area contributed by atoms with Crippen molar-refractivity contribution >= 4 is 45.4 Å². The van der Waals surface area contributed by atoms with Crippen molar-refractivity contribution in [2.24, 2.45) is 0 Å². The highest BCUT2D eigenvalue weighted by Gasteiger charge is 2.20. The monoisotopic (exact) mass is 389 g/mol.